The van der Waals surface area contributed by atoms with Gasteiger partial charge in [0.2, 0.25) is 0 Å². The number of hydrogen-bond donors (Lipinski definition) is 2. The summed E-state index contributed by atoms with van der Waals surface area (Å²) >= 11 is 0. The monoisotopic (exact) mass is 399 g/mol. The van der Waals surface area contributed by atoms with Crippen molar-refractivity contribution in [2.24, 2.45) is 5.73 Å². The van der Waals surface area contributed by atoms with Gasteiger partial charge in [0.25, 0.3) is 0 Å². The Labute approximate surface area is 159 Å². The molecule has 0 aliphatic rings. The number of phenolic OH excluding ortho intramolecular Hbond substituents is 1. The van der Waals surface area contributed by atoms with Gasteiger partial charge < -0.3 is 15.6 Å². The van der Waals surface area contributed by atoms with Crippen molar-refractivity contribution in [3.8, 4) is 16.9 Å². The quantitative estimate of drug-likeness (QED) is 0.560. The maximum absolute atomic E-state index is 14.6. The predicted molar refractivity (Wildman–Crippen MR) is 96.2 cm³/mol. The molecule has 1 atom stereocenters. The van der Waals surface area contributed by atoms with Gasteiger partial charge in [-0.25, -0.2) is 4.39 Å². The summed E-state index contributed by atoms with van der Waals surface area (Å²) in [7, 11) is 0. The first-order chi connectivity index (χ1) is 13.0. The van der Waals surface area contributed by atoms with E-state index in [4.69, 9.17) is 10.5 Å². The fourth-order valence-corrected chi connectivity index (χ4v) is 3.10. The third-order valence-electron chi connectivity index (χ3n) is 4.25. The second kappa shape index (κ2) is 8.18. The van der Waals surface area contributed by atoms with E-state index in [0.29, 0.717) is 11.6 Å². The summed E-state index contributed by atoms with van der Waals surface area (Å²) in [6.45, 7) is 4.98. The number of hydrogen-bond acceptors (Lipinski definition) is 4. The average Bonchev–Trinajstić information content (AvgIpc) is 2.54. The van der Waals surface area contributed by atoms with E-state index >= 15 is 0 Å². The second-order valence-corrected chi connectivity index (χ2v) is 6.52. The molecule has 8 heteroatoms. The third kappa shape index (κ3) is 4.62. The highest BCUT2D eigenvalue weighted by atomic mass is 19.4. The molecular weight excluding hydrogens is 378 g/mol. The molecule has 0 spiro atoms. The van der Waals surface area contributed by atoms with Crippen LogP contribution in [0.15, 0.2) is 24.3 Å². The van der Waals surface area contributed by atoms with Gasteiger partial charge in [0.15, 0.2) is 0 Å². The van der Waals surface area contributed by atoms with Crippen molar-refractivity contribution in [1.82, 2.24) is 0 Å². The van der Waals surface area contributed by atoms with Gasteiger partial charge in [-0.2, -0.15) is 13.2 Å². The fourth-order valence-electron chi connectivity index (χ4n) is 3.10. The van der Waals surface area contributed by atoms with Crippen LogP contribution in [-0.2, 0) is 15.7 Å². The molecule has 0 heterocycles. The summed E-state index contributed by atoms with van der Waals surface area (Å²) in [5, 5.41) is 10.3. The zero-order chi connectivity index (χ0) is 21.2. The van der Waals surface area contributed by atoms with E-state index in [1.54, 1.807) is 26.8 Å². The number of alkyl halides is 3. The molecular formula is C20H21F4NO3. The Balaban J connectivity index is 2.67. The van der Waals surface area contributed by atoms with E-state index in [1.807, 2.05) is 0 Å². The van der Waals surface area contributed by atoms with Crippen LogP contribution in [0, 0.1) is 19.7 Å². The highest BCUT2D eigenvalue weighted by molar-refractivity contribution is 5.76. The van der Waals surface area contributed by atoms with Crippen LogP contribution in [0.3, 0.4) is 0 Å². The van der Waals surface area contributed by atoms with Crippen LogP contribution < -0.4 is 5.73 Å². The Morgan fingerprint density at radius 2 is 1.86 bits per heavy atom. The predicted octanol–water partition coefficient (Wildman–Crippen LogP) is 4.79. The maximum atomic E-state index is 14.6. The molecule has 4 nitrogen and oxygen atoms in total. The first kappa shape index (κ1) is 21.7. The van der Waals surface area contributed by atoms with Gasteiger partial charge >= 0.3 is 12.1 Å². The Hall–Kier alpha value is -2.61. The minimum atomic E-state index is -4.98. The lowest BCUT2D eigenvalue weighted by Gasteiger charge is -2.19. The number of nitrogens with two attached hydrogens (primary N) is 1. The van der Waals surface area contributed by atoms with E-state index < -0.39 is 41.6 Å². The number of esters is 1. The van der Waals surface area contributed by atoms with E-state index in [0.717, 1.165) is 11.6 Å². The van der Waals surface area contributed by atoms with Crippen molar-refractivity contribution in [3.05, 3.63) is 52.3 Å². The third-order valence-corrected chi connectivity index (χ3v) is 4.25. The number of halogens is 4. The summed E-state index contributed by atoms with van der Waals surface area (Å²) in [6, 6.07) is 3.51. The van der Waals surface area contributed by atoms with Gasteiger partial charge in [-0.15, -0.1) is 0 Å². The molecule has 0 fully saturated rings. The first-order valence-corrected chi connectivity index (χ1v) is 8.58. The molecule has 0 aliphatic carbocycles. The van der Waals surface area contributed by atoms with Crippen molar-refractivity contribution >= 4 is 5.97 Å². The summed E-state index contributed by atoms with van der Waals surface area (Å²) in [4.78, 5) is 11.6. The molecule has 0 radical (unpaired) electrons. The summed E-state index contributed by atoms with van der Waals surface area (Å²) in [5.41, 5.74) is 5.16. The molecule has 0 aromatic heterocycles. The van der Waals surface area contributed by atoms with Crippen molar-refractivity contribution < 1.29 is 32.2 Å². The van der Waals surface area contributed by atoms with Crippen LogP contribution in [0.5, 0.6) is 5.75 Å². The van der Waals surface area contributed by atoms with Gasteiger partial charge in [0.1, 0.15) is 11.6 Å². The highest BCUT2D eigenvalue weighted by Crippen LogP contribution is 2.41. The number of ether oxygens (including phenoxy) is 1. The van der Waals surface area contributed by atoms with Crippen molar-refractivity contribution in [1.29, 1.82) is 0 Å². The zero-order valence-corrected chi connectivity index (χ0v) is 15.7. The lowest BCUT2D eigenvalue weighted by atomic mass is 9.91. The molecule has 2 rings (SSSR count). The number of benzene rings is 2. The van der Waals surface area contributed by atoms with Gasteiger partial charge in [-0.05, 0) is 55.7 Å². The number of aromatic hydroxyl groups is 1. The van der Waals surface area contributed by atoms with Gasteiger partial charge in [-0.1, -0.05) is 6.07 Å². The van der Waals surface area contributed by atoms with Gasteiger partial charge in [0, 0.05) is 17.2 Å². The van der Waals surface area contributed by atoms with Crippen LogP contribution in [0.25, 0.3) is 11.1 Å². The normalized spacial score (nSPS) is 12.7. The van der Waals surface area contributed by atoms with Crippen LogP contribution >= 0.6 is 0 Å². The number of phenols is 1. The Morgan fingerprint density at radius 1 is 1.21 bits per heavy atom. The molecule has 152 valence electrons. The topological polar surface area (TPSA) is 72.5 Å². The van der Waals surface area contributed by atoms with E-state index in [9.17, 15) is 27.5 Å². The van der Waals surface area contributed by atoms with E-state index in [2.05, 4.69) is 0 Å². The van der Waals surface area contributed by atoms with Crippen LogP contribution in [0.4, 0.5) is 17.6 Å². The lowest BCUT2D eigenvalue weighted by molar-refractivity contribution is -0.143. The minimum absolute atomic E-state index is 0.0435. The lowest BCUT2D eigenvalue weighted by Crippen LogP contribution is -2.20. The molecule has 0 saturated heterocycles. The SMILES string of the molecule is CCOC(=O)C[C@H](N)c1cc(-c2c(C)cc(C)cc2O)cc(C(F)(F)F)c1F. The molecule has 0 bridgehead atoms. The maximum Gasteiger partial charge on any atom is 0.419 e. The summed E-state index contributed by atoms with van der Waals surface area (Å²) in [5.74, 6) is -2.53. The molecule has 3 N–H and O–H groups in total. The second-order valence-electron chi connectivity index (χ2n) is 6.52. The number of aryl methyl sites for hydroxylation is 2. The van der Waals surface area contributed by atoms with Gasteiger partial charge in [-0.3, -0.25) is 4.79 Å². The smallest absolute Gasteiger partial charge is 0.419 e. The minimum Gasteiger partial charge on any atom is -0.507 e. The molecule has 28 heavy (non-hydrogen) atoms. The zero-order valence-electron chi connectivity index (χ0n) is 15.7. The van der Waals surface area contributed by atoms with Crippen molar-refractivity contribution in [3.63, 3.8) is 0 Å². The summed E-state index contributed by atoms with van der Waals surface area (Å²) in [6.07, 6.45) is -5.46. The fraction of sp³-hybridized carbons (Fsp3) is 0.350. The molecule has 0 unspecified atom stereocenters. The van der Waals surface area contributed by atoms with Gasteiger partial charge in [0.05, 0.1) is 18.6 Å². The first-order valence-electron chi connectivity index (χ1n) is 8.58. The molecule has 0 aliphatic heterocycles. The van der Waals surface area contributed by atoms with E-state index in [-0.39, 0.29) is 23.5 Å². The van der Waals surface area contributed by atoms with Crippen LogP contribution in [0.1, 0.15) is 41.6 Å². The average molecular weight is 399 g/mol. The number of rotatable bonds is 5. The Bertz CT molecular complexity index is 871. The Kier molecular flexibility index (Phi) is 6.34. The molecule has 0 saturated carbocycles. The standard InChI is InChI=1S/C20H21F4NO3/c1-4-28-17(27)9-15(25)13-7-12(8-14(19(13)21)20(22,23)24)18-11(3)5-10(2)6-16(18)26/h5-8,15,26H,4,9,25H2,1-3H3/t15-/m0/s1. The molecule has 0 amide bonds. The van der Waals surface area contributed by atoms with Crippen LogP contribution in [-0.4, -0.2) is 17.7 Å². The van der Waals surface area contributed by atoms with Crippen molar-refractivity contribution in [2.45, 2.75) is 39.4 Å². The number of carbonyl (C=O) groups excluding carboxylic acids is 1. The number of carbonyl (C=O) groups is 1. The highest BCUT2D eigenvalue weighted by Gasteiger charge is 2.37. The molecule has 2 aromatic carbocycles. The van der Waals surface area contributed by atoms with Crippen molar-refractivity contribution in [2.75, 3.05) is 6.61 Å². The molecule has 2 aromatic rings. The largest absolute Gasteiger partial charge is 0.507 e. The van der Waals surface area contributed by atoms with Crippen LogP contribution in [0.2, 0.25) is 0 Å². The Morgan fingerprint density at radius 3 is 2.39 bits per heavy atom. The summed E-state index contributed by atoms with van der Waals surface area (Å²) < 4.78 is 59.5. The van der Waals surface area contributed by atoms with E-state index in [1.165, 1.54) is 6.07 Å².